The van der Waals surface area contributed by atoms with E-state index in [-0.39, 0.29) is 0 Å². The van der Waals surface area contributed by atoms with Crippen LogP contribution in [0.25, 0.3) is 0 Å². The molecule has 5 nitrogen and oxygen atoms in total. The van der Waals surface area contributed by atoms with E-state index in [0.29, 0.717) is 5.92 Å². The van der Waals surface area contributed by atoms with E-state index in [1.165, 1.54) is 4.88 Å². The monoisotopic (exact) mass is 305 g/mol. The average molecular weight is 305 g/mol. The Labute approximate surface area is 130 Å². The largest absolute Gasteiger partial charge is 0.370 e. The summed E-state index contributed by atoms with van der Waals surface area (Å²) in [6.45, 7) is 10.0. The van der Waals surface area contributed by atoms with Gasteiger partial charge in [0.05, 0.1) is 17.7 Å². The van der Waals surface area contributed by atoms with Crippen LogP contribution in [-0.2, 0) is 6.54 Å². The molecule has 21 heavy (non-hydrogen) atoms. The number of hydrogen-bond acceptors (Lipinski definition) is 6. The summed E-state index contributed by atoms with van der Waals surface area (Å²) in [6.07, 6.45) is 0. The van der Waals surface area contributed by atoms with Crippen molar-refractivity contribution in [2.24, 2.45) is 0 Å². The Hall–Kier alpha value is -1.69. The molecule has 2 heterocycles. The third-order valence-electron chi connectivity index (χ3n) is 3.22. The molecule has 2 aromatic rings. The second-order valence-electron chi connectivity index (χ2n) is 5.37. The number of rotatable bonds is 6. The quantitative estimate of drug-likeness (QED) is 0.886. The van der Waals surface area contributed by atoms with Gasteiger partial charge in [-0.1, -0.05) is 13.8 Å². The maximum Gasteiger partial charge on any atom is 0.135 e. The molecule has 0 aliphatic heterocycles. The summed E-state index contributed by atoms with van der Waals surface area (Å²) < 4.78 is 0. The minimum absolute atomic E-state index is 0.306. The maximum atomic E-state index is 4.68. The number of aromatic nitrogens is 3. The molecule has 0 saturated carbocycles. The number of thiazole rings is 1. The van der Waals surface area contributed by atoms with E-state index in [0.717, 1.165) is 36.2 Å². The molecule has 0 bridgehead atoms. The predicted octanol–water partition coefficient (Wildman–Crippen LogP) is 3.43. The van der Waals surface area contributed by atoms with Crippen LogP contribution in [0.3, 0.4) is 0 Å². The summed E-state index contributed by atoms with van der Waals surface area (Å²) in [6, 6.07) is 2.01. The van der Waals surface area contributed by atoms with E-state index < -0.39 is 0 Å². The van der Waals surface area contributed by atoms with Crippen molar-refractivity contribution in [2.75, 3.05) is 23.8 Å². The van der Waals surface area contributed by atoms with Crippen LogP contribution in [0.5, 0.6) is 0 Å². The zero-order chi connectivity index (χ0) is 15.4. The van der Waals surface area contributed by atoms with Crippen LogP contribution in [0.15, 0.2) is 11.6 Å². The topological polar surface area (TPSA) is 53.9 Å². The second-order valence-corrected chi connectivity index (χ2v) is 6.31. The predicted molar refractivity (Wildman–Crippen MR) is 89.2 cm³/mol. The summed E-state index contributed by atoms with van der Waals surface area (Å²) in [5.41, 5.74) is 2.99. The number of nitrogens with one attached hydrogen (secondary N) is 1. The molecular weight excluding hydrogens is 282 g/mol. The highest BCUT2D eigenvalue weighted by atomic mass is 32.1. The molecule has 0 atom stereocenters. The first-order chi connectivity index (χ1) is 10.0. The van der Waals surface area contributed by atoms with E-state index in [1.807, 2.05) is 18.5 Å². The third kappa shape index (κ3) is 3.91. The highest BCUT2D eigenvalue weighted by Crippen LogP contribution is 2.22. The molecular formula is C15H23N5S. The van der Waals surface area contributed by atoms with Crippen LogP contribution in [0.2, 0.25) is 0 Å². The standard InChI is InChI=1S/C15H23N5S/c1-6-16-13-7-14(19-15(18-13)10(2)3)20(5)8-12-11(4)17-9-21-12/h7,9-10H,6,8H2,1-5H3,(H,16,18,19). The van der Waals surface area contributed by atoms with E-state index >= 15 is 0 Å². The van der Waals surface area contributed by atoms with Gasteiger partial charge in [-0.05, 0) is 13.8 Å². The molecule has 0 spiro atoms. The number of nitrogens with zero attached hydrogens (tertiary/aromatic N) is 4. The van der Waals surface area contributed by atoms with Crippen molar-refractivity contribution in [2.45, 2.75) is 40.2 Å². The van der Waals surface area contributed by atoms with Crippen LogP contribution >= 0.6 is 11.3 Å². The van der Waals surface area contributed by atoms with Crippen LogP contribution in [0.4, 0.5) is 11.6 Å². The van der Waals surface area contributed by atoms with Gasteiger partial charge < -0.3 is 10.2 Å². The highest BCUT2D eigenvalue weighted by Gasteiger charge is 2.12. The number of hydrogen-bond donors (Lipinski definition) is 1. The van der Waals surface area contributed by atoms with E-state index in [2.05, 4.69) is 53.0 Å². The molecule has 0 aliphatic rings. The fraction of sp³-hybridized carbons (Fsp3) is 0.533. The van der Waals surface area contributed by atoms with E-state index in [4.69, 9.17) is 0 Å². The fourth-order valence-electron chi connectivity index (χ4n) is 1.95. The lowest BCUT2D eigenvalue weighted by atomic mass is 10.2. The summed E-state index contributed by atoms with van der Waals surface area (Å²) >= 11 is 1.69. The van der Waals surface area contributed by atoms with Gasteiger partial charge >= 0.3 is 0 Å². The molecule has 114 valence electrons. The van der Waals surface area contributed by atoms with Crippen molar-refractivity contribution in [3.05, 3.63) is 28.0 Å². The number of anilines is 2. The van der Waals surface area contributed by atoms with Gasteiger partial charge in [0.1, 0.15) is 17.5 Å². The molecule has 6 heteroatoms. The van der Waals surface area contributed by atoms with Gasteiger partial charge in [-0.15, -0.1) is 11.3 Å². The Balaban J connectivity index is 2.26. The lowest BCUT2D eigenvalue weighted by Gasteiger charge is -2.20. The molecule has 2 aromatic heterocycles. The Morgan fingerprint density at radius 3 is 2.67 bits per heavy atom. The molecule has 0 unspecified atom stereocenters. The van der Waals surface area contributed by atoms with Crippen molar-refractivity contribution in [1.82, 2.24) is 15.0 Å². The van der Waals surface area contributed by atoms with Crippen LogP contribution in [-0.4, -0.2) is 28.5 Å². The first-order valence-corrected chi connectivity index (χ1v) is 8.12. The third-order valence-corrected chi connectivity index (χ3v) is 4.14. The van der Waals surface area contributed by atoms with Gasteiger partial charge in [0.15, 0.2) is 0 Å². The SMILES string of the molecule is CCNc1cc(N(C)Cc2scnc2C)nc(C(C)C)n1. The van der Waals surface area contributed by atoms with E-state index in [1.54, 1.807) is 11.3 Å². The van der Waals surface area contributed by atoms with Crippen molar-refractivity contribution in [1.29, 1.82) is 0 Å². The van der Waals surface area contributed by atoms with Gasteiger partial charge in [0.2, 0.25) is 0 Å². The molecule has 0 aliphatic carbocycles. The second kappa shape index (κ2) is 6.85. The van der Waals surface area contributed by atoms with Crippen LogP contribution in [0, 0.1) is 6.92 Å². The molecule has 0 saturated heterocycles. The van der Waals surface area contributed by atoms with Crippen molar-refractivity contribution < 1.29 is 0 Å². The summed E-state index contributed by atoms with van der Waals surface area (Å²) in [5.74, 6) is 3.01. The van der Waals surface area contributed by atoms with Gasteiger partial charge in [-0.3, -0.25) is 0 Å². The minimum Gasteiger partial charge on any atom is -0.370 e. The molecule has 1 N–H and O–H groups in total. The first kappa shape index (κ1) is 15.7. The molecule has 2 rings (SSSR count). The molecule has 0 fully saturated rings. The average Bonchev–Trinajstić information content (AvgIpc) is 2.84. The van der Waals surface area contributed by atoms with Crippen molar-refractivity contribution in [3.63, 3.8) is 0 Å². The lowest BCUT2D eigenvalue weighted by molar-refractivity contribution is 0.763. The maximum absolute atomic E-state index is 4.68. The smallest absolute Gasteiger partial charge is 0.135 e. The van der Waals surface area contributed by atoms with Gasteiger partial charge in [0, 0.05) is 30.5 Å². The Morgan fingerprint density at radius 1 is 1.33 bits per heavy atom. The normalized spacial score (nSPS) is 11.0. The molecule has 0 radical (unpaired) electrons. The van der Waals surface area contributed by atoms with Gasteiger partial charge in [0.25, 0.3) is 0 Å². The minimum atomic E-state index is 0.306. The molecule has 0 amide bonds. The summed E-state index contributed by atoms with van der Waals surface area (Å²) in [4.78, 5) is 17.0. The summed E-state index contributed by atoms with van der Waals surface area (Å²) in [7, 11) is 2.06. The van der Waals surface area contributed by atoms with E-state index in [9.17, 15) is 0 Å². The Morgan fingerprint density at radius 2 is 2.10 bits per heavy atom. The van der Waals surface area contributed by atoms with Crippen molar-refractivity contribution >= 4 is 23.0 Å². The van der Waals surface area contributed by atoms with Gasteiger partial charge in [-0.2, -0.15) is 0 Å². The van der Waals surface area contributed by atoms with Gasteiger partial charge in [-0.25, -0.2) is 15.0 Å². The lowest BCUT2D eigenvalue weighted by Crippen LogP contribution is -2.19. The Bertz CT molecular complexity index is 593. The molecule has 0 aromatic carbocycles. The van der Waals surface area contributed by atoms with Crippen LogP contribution in [0.1, 0.15) is 43.1 Å². The Kier molecular flexibility index (Phi) is 5.12. The summed E-state index contributed by atoms with van der Waals surface area (Å²) in [5, 5.41) is 3.28. The first-order valence-electron chi connectivity index (χ1n) is 7.24. The number of aryl methyl sites for hydroxylation is 1. The highest BCUT2D eigenvalue weighted by molar-refractivity contribution is 7.09. The zero-order valence-electron chi connectivity index (χ0n) is 13.3. The fourth-order valence-corrected chi connectivity index (χ4v) is 2.78. The van der Waals surface area contributed by atoms with Crippen LogP contribution < -0.4 is 10.2 Å². The van der Waals surface area contributed by atoms with Crippen molar-refractivity contribution in [3.8, 4) is 0 Å². The zero-order valence-corrected chi connectivity index (χ0v) is 14.2.